The predicted octanol–water partition coefficient (Wildman–Crippen LogP) is 5.31. The van der Waals surface area contributed by atoms with E-state index in [4.69, 9.17) is 47.0 Å². The molecule has 4 nitrogen and oxygen atoms in total. The first kappa shape index (κ1) is 22.2. The third kappa shape index (κ3) is 7.16. The summed E-state index contributed by atoms with van der Waals surface area (Å²) in [6.07, 6.45) is -1.03. The van der Waals surface area contributed by atoms with Crippen LogP contribution >= 0.6 is 92.2 Å². The summed E-state index contributed by atoms with van der Waals surface area (Å²) < 4.78 is 0.204. The van der Waals surface area contributed by atoms with Crippen LogP contribution in [0.5, 0.6) is 0 Å². The van der Waals surface area contributed by atoms with Gasteiger partial charge in [-0.3, -0.25) is 4.79 Å². The molecule has 0 saturated heterocycles. The number of alkyl halides is 3. The normalized spacial score (nSPS) is 12.2. The van der Waals surface area contributed by atoms with E-state index in [1.165, 1.54) is 0 Å². The molecule has 10 heteroatoms. The summed E-state index contributed by atoms with van der Waals surface area (Å²) in [5, 5.41) is 8.67. The lowest BCUT2D eigenvalue weighted by atomic mass is 10.2. The van der Waals surface area contributed by atoms with Crippen LogP contribution in [-0.2, 0) is 0 Å². The first-order chi connectivity index (χ1) is 12.1. The molecule has 2 aromatic carbocycles. The molecule has 26 heavy (non-hydrogen) atoms. The highest BCUT2D eigenvalue weighted by Gasteiger charge is 2.34. The SMILES string of the molecule is O=C(N[C@@H](NC(=S)Nc1ccc(I)cc1)C(Cl)(Cl)Cl)c1cccc(I)c1. The number of carbonyl (C=O) groups excluding carboxylic acids is 1. The number of hydrogen-bond donors (Lipinski definition) is 3. The van der Waals surface area contributed by atoms with Gasteiger partial charge in [-0.1, -0.05) is 40.9 Å². The molecule has 0 heterocycles. The summed E-state index contributed by atoms with van der Waals surface area (Å²) in [5.74, 6) is -0.385. The molecule has 0 saturated carbocycles. The maximum absolute atomic E-state index is 12.4. The van der Waals surface area contributed by atoms with Crippen molar-refractivity contribution >= 4 is 109 Å². The molecule has 0 fully saturated rings. The summed E-state index contributed by atoms with van der Waals surface area (Å²) in [6, 6.07) is 14.6. The highest BCUT2D eigenvalue weighted by molar-refractivity contribution is 14.1. The van der Waals surface area contributed by atoms with E-state index in [1.54, 1.807) is 18.2 Å². The summed E-state index contributed by atoms with van der Waals surface area (Å²) >= 11 is 27.6. The minimum atomic E-state index is -1.81. The lowest BCUT2D eigenvalue weighted by Gasteiger charge is -2.27. The average molecular weight is 655 g/mol. The van der Waals surface area contributed by atoms with E-state index >= 15 is 0 Å². The second kappa shape index (κ2) is 9.92. The number of benzene rings is 2. The Morgan fingerprint density at radius 2 is 1.65 bits per heavy atom. The Morgan fingerprint density at radius 1 is 1.00 bits per heavy atom. The van der Waals surface area contributed by atoms with Crippen molar-refractivity contribution in [1.29, 1.82) is 0 Å². The van der Waals surface area contributed by atoms with Crippen LogP contribution in [0.1, 0.15) is 10.4 Å². The van der Waals surface area contributed by atoms with Gasteiger partial charge in [0.15, 0.2) is 5.11 Å². The first-order valence-corrected chi connectivity index (χ1v) is 10.8. The second-order valence-corrected chi connectivity index (χ2v) is 10.3. The van der Waals surface area contributed by atoms with Gasteiger partial charge in [-0.15, -0.1) is 0 Å². The summed E-state index contributed by atoms with van der Waals surface area (Å²) in [4.78, 5) is 12.4. The molecule has 0 aliphatic rings. The van der Waals surface area contributed by atoms with Gasteiger partial charge >= 0.3 is 0 Å². The van der Waals surface area contributed by atoms with Gasteiger partial charge in [0.1, 0.15) is 6.17 Å². The highest BCUT2D eigenvalue weighted by Crippen LogP contribution is 2.29. The third-order valence-electron chi connectivity index (χ3n) is 3.07. The van der Waals surface area contributed by atoms with E-state index < -0.39 is 9.96 Å². The van der Waals surface area contributed by atoms with E-state index in [9.17, 15) is 4.79 Å². The number of nitrogens with one attached hydrogen (secondary N) is 3. The van der Waals surface area contributed by atoms with Crippen molar-refractivity contribution in [2.45, 2.75) is 9.96 Å². The Kier molecular flexibility index (Phi) is 8.48. The van der Waals surface area contributed by atoms with Crippen molar-refractivity contribution in [2.75, 3.05) is 5.32 Å². The Balaban J connectivity index is 2.06. The lowest BCUT2D eigenvalue weighted by Crippen LogP contribution is -2.56. The zero-order valence-electron chi connectivity index (χ0n) is 12.9. The van der Waals surface area contributed by atoms with Gasteiger partial charge in [-0.25, -0.2) is 0 Å². The zero-order valence-corrected chi connectivity index (χ0v) is 20.3. The highest BCUT2D eigenvalue weighted by atomic mass is 127. The Hall–Kier alpha value is -0.0700. The van der Waals surface area contributed by atoms with Crippen LogP contribution in [0, 0.1) is 7.14 Å². The van der Waals surface area contributed by atoms with E-state index in [0.717, 1.165) is 12.8 Å². The Morgan fingerprint density at radius 3 is 2.23 bits per heavy atom. The molecule has 1 amide bonds. The smallest absolute Gasteiger partial charge is 0.253 e. The Bertz CT molecular complexity index is 800. The van der Waals surface area contributed by atoms with Crippen LogP contribution in [0.25, 0.3) is 0 Å². The monoisotopic (exact) mass is 653 g/mol. The molecule has 0 aliphatic carbocycles. The summed E-state index contributed by atoms with van der Waals surface area (Å²) in [6.45, 7) is 0. The van der Waals surface area contributed by atoms with Crippen LogP contribution in [0.3, 0.4) is 0 Å². The van der Waals surface area contributed by atoms with Crippen molar-refractivity contribution in [2.24, 2.45) is 0 Å². The minimum Gasteiger partial charge on any atom is -0.339 e. The number of halogens is 5. The van der Waals surface area contributed by atoms with Crippen molar-refractivity contribution in [3.8, 4) is 0 Å². The topological polar surface area (TPSA) is 53.2 Å². The summed E-state index contributed by atoms with van der Waals surface area (Å²) in [5.41, 5.74) is 1.23. The fraction of sp³-hybridized carbons (Fsp3) is 0.125. The molecule has 0 radical (unpaired) electrons. The number of thiocarbonyl (C=S) groups is 1. The van der Waals surface area contributed by atoms with Crippen LogP contribution in [0.15, 0.2) is 48.5 Å². The molecule has 3 N–H and O–H groups in total. The molecular weight excluding hydrogens is 642 g/mol. The van der Waals surface area contributed by atoms with E-state index in [0.29, 0.717) is 5.56 Å². The van der Waals surface area contributed by atoms with Crippen LogP contribution in [0.2, 0.25) is 0 Å². The molecule has 0 aromatic heterocycles. The molecule has 138 valence electrons. The van der Waals surface area contributed by atoms with Gasteiger partial charge in [0.05, 0.1) is 0 Å². The Labute approximate surface area is 199 Å². The molecule has 0 spiro atoms. The number of rotatable bonds is 4. The third-order valence-corrected chi connectivity index (χ3v) is 5.33. The van der Waals surface area contributed by atoms with Gasteiger partial charge in [-0.2, -0.15) is 0 Å². The van der Waals surface area contributed by atoms with Gasteiger partial charge in [0, 0.05) is 18.4 Å². The van der Waals surface area contributed by atoms with Crippen molar-refractivity contribution in [3.05, 3.63) is 61.2 Å². The van der Waals surface area contributed by atoms with E-state index in [1.807, 2.05) is 30.3 Å². The van der Waals surface area contributed by atoms with Gasteiger partial charge in [-0.05, 0) is 99.9 Å². The first-order valence-electron chi connectivity index (χ1n) is 7.11. The van der Waals surface area contributed by atoms with Crippen molar-refractivity contribution < 1.29 is 4.79 Å². The van der Waals surface area contributed by atoms with Gasteiger partial charge < -0.3 is 16.0 Å². The number of anilines is 1. The molecule has 2 rings (SSSR count). The quantitative estimate of drug-likeness (QED) is 0.181. The molecule has 1 atom stereocenters. The predicted molar refractivity (Wildman–Crippen MR) is 129 cm³/mol. The molecule has 0 bridgehead atoms. The number of hydrogen-bond acceptors (Lipinski definition) is 2. The average Bonchev–Trinajstić information content (AvgIpc) is 2.55. The van der Waals surface area contributed by atoms with E-state index in [-0.39, 0.29) is 11.0 Å². The van der Waals surface area contributed by atoms with Crippen LogP contribution in [-0.4, -0.2) is 21.0 Å². The fourth-order valence-electron chi connectivity index (χ4n) is 1.88. The number of amides is 1. The zero-order chi connectivity index (χ0) is 19.3. The maximum atomic E-state index is 12.4. The lowest BCUT2D eigenvalue weighted by molar-refractivity contribution is 0.0934. The maximum Gasteiger partial charge on any atom is 0.253 e. The molecule has 0 unspecified atom stereocenters. The van der Waals surface area contributed by atoms with Crippen molar-refractivity contribution in [3.63, 3.8) is 0 Å². The minimum absolute atomic E-state index is 0.213. The van der Waals surface area contributed by atoms with Crippen LogP contribution < -0.4 is 16.0 Å². The molecular formula is C16H12Cl3I2N3OS. The summed E-state index contributed by atoms with van der Waals surface area (Å²) in [7, 11) is 0. The van der Waals surface area contributed by atoms with Crippen LogP contribution in [0.4, 0.5) is 5.69 Å². The molecule has 0 aliphatic heterocycles. The fourth-order valence-corrected chi connectivity index (χ4v) is 3.34. The second-order valence-electron chi connectivity index (χ2n) is 5.06. The van der Waals surface area contributed by atoms with Gasteiger partial charge in [0.2, 0.25) is 3.79 Å². The standard InChI is InChI=1S/C16H12Cl3I2N3OS/c17-16(18,19)14(23-13(25)9-2-1-3-11(21)8-9)24-15(26)22-12-6-4-10(20)5-7-12/h1-8,14H,(H,23,25)(H2,22,24,26)/t14-/m0/s1. The largest absolute Gasteiger partial charge is 0.339 e. The van der Waals surface area contributed by atoms with Gasteiger partial charge in [0.25, 0.3) is 5.91 Å². The number of carbonyl (C=O) groups is 1. The molecule has 2 aromatic rings. The van der Waals surface area contributed by atoms with E-state index in [2.05, 4.69) is 61.1 Å². The van der Waals surface area contributed by atoms with Crippen molar-refractivity contribution in [1.82, 2.24) is 10.6 Å².